The van der Waals surface area contributed by atoms with Crippen LogP contribution in [0, 0.1) is 0 Å². The molecule has 0 saturated heterocycles. The Hall–Kier alpha value is -8.92. The van der Waals surface area contributed by atoms with Gasteiger partial charge < -0.3 is 13.7 Å². The van der Waals surface area contributed by atoms with E-state index in [1.165, 1.54) is 38.6 Å². The average molecular weight is 856 g/mol. The first kappa shape index (κ1) is 38.5. The SMILES string of the molecule is c1cc(-c2ccc(-c3ccc(N(c4ccc(-c5ccc6c(c5)oc5ccccc56)cc4)c4ccc(-c5ccc6oc7ccccc7c6c5)cc4)cc3)cc2)cc(-c2ccc3ccccc3c2)c1. The lowest BCUT2D eigenvalue weighted by Gasteiger charge is -2.26. The van der Waals surface area contributed by atoms with Crippen LogP contribution < -0.4 is 4.90 Å². The molecule has 13 aromatic rings. The van der Waals surface area contributed by atoms with Crippen molar-refractivity contribution >= 4 is 71.7 Å². The van der Waals surface area contributed by atoms with E-state index in [2.05, 4.69) is 229 Å². The van der Waals surface area contributed by atoms with Crippen LogP contribution in [0.3, 0.4) is 0 Å². The highest BCUT2D eigenvalue weighted by Gasteiger charge is 2.16. The van der Waals surface area contributed by atoms with E-state index < -0.39 is 0 Å². The van der Waals surface area contributed by atoms with Crippen molar-refractivity contribution < 1.29 is 8.83 Å². The van der Waals surface area contributed by atoms with Gasteiger partial charge in [-0.25, -0.2) is 0 Å². The van der Waals surface area contributed by atoms with Gasteiger partial charge in [-0.15, -0.1) is 0 Å². The smallest absolute Gasteiger partial charge is 0.136 e. The number of rotatable bonds is 8. The number of fused-ring (bicyclic) bond motifs is 7. The number of nitrogens with zero attached hydrogens (tertiary/aromatic N) is 1. The monoisotopic (exact) mass is 855 g/mol. The number of furan rings is 2. The minimum Gasteiger partial charge on any atom is -0.456 e. The van der Waals surface area contributed by atoms with Gasteiger partial charge in [0.05, 0.1) is 0 Å². The van der Waals surface area contributed by atoms with Crippen molar-refractivity contribution in [3.05, 3.63) is 249 Å². The lowest BCUT2D eigenvalue weighted by Crippen LogP contribution is -2.09. The maximum atomic E-state index is 6.25. The van der Waals surface area contributed by atoms with Gasteiger partial charge in [0, 0.05) is 38.6 Å². The van der Waals surface area contributed by atoms with Crippen LogP contribution >= 0.6 is 0 Å². The first-order chi connectivity index (χ1) is 33.1. The van der Waals surface area contributed by atoms with Gasteiger partial charge in [-0.05, 0) is 151 Å². The van der Waals surface area contributed by atoms with E-state index in [0.29, 0.717) is 0 Å². The Balaban J connectivity index is 0.816. The van der Waals surface area contributed by atoms with E-state index in [0.717, 1.165) is 88.8 Å². The normalized spacial score (nSPS) is 11.6. The van der Waals surface area contributed by atoms with E-state index in [1.807, 2.05) is 24.3 Å². The highest BCUT2D eigenvalue weighted by molar-refractivity contribution is 6.07. The maximum Gasteiger partial charge on any atom is 0.136 e. The highest BCUT2D eigenvalue weighted by atomic mass is 16.3. The molecule has 0 aliphatic carbocycles. The molecule has 0 bridgehead atoms. The summed E-state index contributed by atoms with van der Waals surface area (Å²) in [7, 11) is 0. The van der Waals surface area contributed by atoms with Crippen molar-refractivity contribution in [2.75, 3.05) is 4.90 Å². The number of benzene rings is 11. The average Bonchev–Trinajstić information content (AvgIpc) is 3.97. The zero-order valence-electron chi connectivity index (χ0n) is 36.4. The summed E-state index contributed by atoms with van der Waals surface area (Å²) in [6, 6.07) is 89.1. The Labute approximate surface area is 388 Å². The van der Waals surface area contributed by atoms with Gasteiger partial charge in [-0.3, -0.25) is 0 Å². The second kappa shape index (κ2) is 16.0. The van der Waals surface area contributed by atoms with Gasteiger partial charge in [0.1, 0.15) is 22.3 Å². The summed E-state index contributed by atoms with van der Waals surface area (Å²) in [6.07, 6.45) is 0. The van der Waals surface area contributed by atoms with Gasteiger partial charge in [0.15, 0.2) is 0 Å². The van der Waals surface area contributed by atoms with Crippen molar-refractivity contribution in [2.24, 2.45) is 0 Å². The molecule has 0 unspecified atom stereocenters. The third kappa shape index (κ3) is 7.02. The van der Waals surface area contributed by atoms with Crippen LogP contribution in [-0.4, -0.2) is 0 Å². The van der Waals surface area contributed by atoms with E-state index in [-0.39, 0.29) is 0 Å². The van der Waals surface area contributed by atoms with Crippen LogP contribution in [0.15, 0.2) is 258 Å². The molecule has 67 heavy (non-hydrogen) atoms. The molecule has 0 spiro atoms. The summed E-state index contributed by atoms with van der Waals surface area (Å²) in [5.41, 5.74) is 18.5. The predicted molar refractivity (Wildman–Crippen MR) is 280 cm³/mol. The predicted octanol–water partition coefficient (Wildman–Crippen LogP) is 18.4. The van der Waals surface area contributed by atoms with Gasteiger partial charge in [-0.1, -0.05) is 164 Å². The number of hydrogen-bond donors (Lipinski definition) is 0. The summed E-state index contributed by atoms with van der Waals surface area (Å²) >= 11 is 0. The van der Waals surface area contributed by atoms with Crippen LogP contribution in [0.2, 0.25) is 0 Å². The maximum absolute atomic E-state index is 6.25. The van der Waals surface area contributed by atoms with Gasteiger partial charge in [0.2, 0.25) is 0 Å². The molecule has 11 aromatic carbocycles. The molecule has 0 atom stereocenters. The van der Waals surface area contributed by atoms with Crippen LogP contribution in [0.1, 0.15) is 0 Å². The van der Waals surface area contributed by atoms with Crippen molar-refractivity contribution in [1.29, 1.82) is 0 Å². The third-order valence-electron chi connectivity index (χ3n) is 13.3. The molecule has 0 amide bonds. The summed E-state index contributed by atoms with van der Waals surface area (Å²) in [5.74, 6) is 0. The summed E-state index contributed by atoms with van der Waals surface area (Å²) in [6.45, 7) is 0. The fraction of sp³-hybridized carbons (Fsp3) is 0. The van der Waals surface area contributed by atoms with Crippen LogP contribution in [-0.2, 0) is 0 Å². The molecule has 0 fully saturated rings. The second-order valence-electron chi connectivity index (χ2n) is 17.3. The number of anilines is 3. The Morgan fingerprint density at radius 1 is 0.209 bits per heavy atom. The molecule has 0 aliphatic rings. The molecular weight excluding hydrogens is 815 g/mol. The Morgan fingerprint density at radius 2 is 0.597 bits per heavy atom. The minimum atomic E-state index is 0.894. The molecule has 0 radical (unpaired) electrons. The van der Waals surface area contributed by atoms with E-state index >= 15 is 0 Å². The highest BCUT2D eigenvalue weighted by Crippen LogP contribution is 2.40. The third-order valence-corrected chi connectivity index (χ3v) is 13.3. The lowest BCUT2D eigenvalue weighted by atomic mass is 9.96. The van der Waals surface area contributed by atoms with Gasteiger partial charge in [-0.2, -0.15) is 0 Å². The van der Waals surface area contributed by atoms with E-state index in [4.69, 9.17) is 8.83 Å². The Morgan fingerprint density at radius 3 is 1.22 bits per heavy atom. The van der Waals surface area contributed by atoms with Gasteiger partial charge in [0.25, 0.3) is 0 Å². The molecule has 2 aromatic heterocycles. The van der Waals surface area contributed by atoms with E-state index in [9.17, 15) is 0 Å². The standard InChI is InChI=1S/C64H41NO2/c1-2-9-48-39-51(21-20-42(48)8-1)50-11-7-10-49(38-50)45-18-16-43(17-19-45)44-22-30-54(31-23-44)65(55-32-24-46(25-33-55)52-29-37-63-60(40-52)58-13-4-6-15-62(58)66-63)56-34-26-47(27-35-56)53-28-36-59-57-12-3-5-14-61(57)67-64(59)41-53/h1-41H. The fourth-order valence-corrected chi connectivity index (χ4v) is 9.77. The summed E-state index contributed by atoms with van der Waals surface area (Å²) < 4.78 is 12.4. The molecule has 3 nitrogen and oxygen atoms in total. The van der Waals surface area contributed by atoms with Crippen LogP contribution in [0.25, 0.3) is 110 Å². The number of hydrogen-bond acceptors (Lipinski definition) is 3. The van der Waals surface area contributed by atoms with Crippen LogP contribution in [0.5, 0.6) is 0 Å². The van der Waals surface area contributed by atoms with E-state index in [1.54, 1.807) is 0 Å². The quantitative estimate of drug-likeness (QED) is 0.152. The summed E-state index contributed by atoms with van der Waals surface area (Å²) in [5, 5.41) is 7.03. The molecule has 0 aliphatic heterocycles. The molecule has 13 rings (SSSR count). The van der Waals surface area contributed by atoms with Crippen LogP contribution in [0.4, 0.5) is 17.1 Å². The van der Waals surface area contributed by atoms with Crippen molar-refractivity contribution in [3.63, 3.8) is 0 Å². The number of para-hydroxylation sites is 2. The first-order valence-electron chi connectivity index (χ1n) is 22.8. The second-order valence-corrected chi connectivity index (χ2v) is 17.3. The molecule has 0 N–H and O–H groups in total. The molecule has 3 heteroatoms. The lowest BCUT2D eigenvalue weighted by molar-refractivity contribution is 0.668. The molecule has 2 heterocycles. The molecule has 314 valence electrons. The van der Waals surface area contributed by atoms with Crippen molar-refractivity contribution in [3.8, 4) is 55.6 Å². The largest absolute Gasteiger partial charge is 0.456 e. The van der Waals surface area contributed by atoms with Crippen molar-refractivity contribution in [2.45, 2.75) is 0 Å². The zero-order valence-corrected chi connectivity index (χ0v) is 36.4. The first-order valence-corrected chi connectivity index (χ1v) is 22.8. The minimum absolute atomic E-state index is 0.894. The van der Waals surface area contributed by atoms with Gasteiger partial charge >= 0.3 is 0 Å². The van der Waals surface area contributed by atoms with Crippen molar-refractivity contribution in [1.82, 2.24) is 0 Å². The Bertz CT molecular complexity index is 3950. The Kier molecular flexibility index (Phi) is 9.17. The zero-order chi connectivity index (χ0) is 44.3. The molecular formula is C64H41NO2. The molecule has 0 saturated carbocycles. The topological polar surface area (TPSA) is 29.5 Å². The summed E-state index contributed by atoms with van der Waals surface area (Å²) in [4.78, 5) is 2.33. The fourth-order valence-electron chi connectivity index (χ4n) is 9.77.